The Morgan fingerprint density at radius 2 is 0.926 bits per heavy atom. The Bertz CT molecular complexity index is 2930. The second kappa shape index (κ2) is 13.4. The summed E-state index contributed by atoms with van der Waals surface area (Å²) in [6.45, 7) is 2.25. The highest BCUT2D eigenvalue weighted by Gasteiger charge is 2.21. The molecule has 0 aliphatic heterocycles. The molecule has 8 aromatic carbocycles. The summed E-state index contributed by atoms with van der Waals surface area (Å²) >= 11 is 0. The number of aromatic nitrogens is 2. The zero-order chi connectivity index (χ0) is 36.0. The van der Waals surface area contributed by atoms with E-state index in [2.05, 4.69) is 204 Å². The van der Waals surface area contributed by atoms with E-state index < -0.39 is 0 Å². The van der Waals surface area contributed by atoms with Crippen LogP contribution in [0.4, 0.5) is 0 Å². The fourth-order valence-electron chi connectivity index (χ4n) is 8.41. The van der Waals surface area contributed by atoms with Crippen LogP contribution in [0, 0.1) is 0 Å². The molecule has 0 saturated heterocycles. The number of fused-ring (bicyclic) bond motifs is 7. The smallest absolute Gasteiger partial charge is 0.0641 e. The van der Waals surface area contributed by atoms with Gasteiger partial charge in [0.25, 0.3) is 0 Å². The predicted octanol–water partition coefficient (Wildman–Crippen LogP) is 14.2. The normalized spacial score (nSPS) is 11.6. The van der Waals surface area contributed by atoms with Crippen LogP contribution in [0.3, 0.4) is 0 Å². The highest BCUT2D eigenvalue weighted by molar-refractivity contribution is 6.26. The Kier molecular flexibility index (Phi) is 7.95. The SMILES string of the molecule is CCCCc1ccc(-c2ccc(-c3ccc(-n4c5ccccc5c5ccc6c(c7ccccc7n6-c6cccc(-c7ccccc7)c6)c54)cc3)cc2)cc1. The molecule has 0 radical (unpaired) electrons. The first-order valence-corrected chi connectivity index (χ1v) is 19.2. The molecule has 258 valence electrons. The lowest BCUT2D eigenvalue weighted by Gasteiger charge is -2.12. The number of hydrogen-bond acceptors (Lipinski definition) is 0. The Hall–Kier alpha value is -6.64. The molecule has 2 heteroatoms. The molecular formula is C52H40N2. The topological polar surface area (TPSA) is 9.86 Å². The van der Waals surface area contributed by atoms with Crippen molar-refractivity contribution in [3.8, 4) is 44.8 Å². The summed E-state index contributed by atoms with van der Waals surface area (Å²) in [5.41, 5.74) is 15.9. The quantitative estimate of drug-likeness (QED) is 0.150. The van der Waals surface area contributed by atoms with Crippen LogP contribution < -0.4 is 0 Å². The average Bonchev–Trinajstić information content (AvgIpc) is 3.77. The van der Waals surface area contributed by atoms with Crippen LogP contribution in [0.2, 0.25) is 0 Å². The molecular weight excluding hydrogens is 653 g/mol. The van der Waals surface area contributed by atoms with Crippen LogP contribution in [-0.2, 0) is 6.42 Å². The molecule has 0 N–H and O–H groups in total. The van der Waals surface area contributed by atoms with Gasteiger partial charge in [0.05, 0.1) is 22.1 Å². The third kappa shape index (κ3) is 5.42. The number of nitrogens with zero attached hydrogens (tertiary/aromatic N) is 2. The standard InChI is InChI=1S/C52H40N2/c1-2-3-12-36-21-23-38(24-22-36)39-25-27-40(28-26-39)41-29-31-43(32-30-41)54-48-19-9-7-17-45(48)46-33-34-50-51(52(46)54)47-18-8-10-20-49(47)53(50)44-16-11-15-42(35-44)37-13-5-4-6-14-37/h4-11,13-35H,2-3,12H2,1H3. The molecule has 2 aromatic heterocycles. The molecule has 0 atom stereocenters. The van der Waals surface area contributed by atoms with Gasteiger partial charge in [-0.05, 0) is 94.3 Å². The second-order valence-corrected chi connectivity index (χ2v) is 14.4. The summed E-state index contributed by atoms with van der Waals surface area (Å²) in [6, 6.07) is 69.1. The van der Waals surface area contributed by atoms with Gasteiger partial charge in [-0.1, -0.05) is 159 Å². The largest absolute Gasteiger partial charge is 0.309 e. The van der Waals surface area contributed by atoms with Crippen LogP contribution in [0.15, 0.2) is 188 Å². The number of benzene rings is 8. The molecule has 0 amide bonds. The van der Waals surface area contributed by atoms with Crippen molar-refractivity contribution in [3.05, 3.63) is 194 Å². The van der Waals surface area contributed by atoms with E-state index in [1.807, 2.05) is 0 Å². The Balaban J connectivity index is 1.09. The van der Waals surface area contributed by atoms with Crippen LogP contribution in [0.25, 0.3) is 88.4 Å². The molecule has 0 saturated carbocycles. The molecule has 0 unspecified atom stereocenters. The maximum Gasteiger partial charge on any atom is 0.0641 e. The van der Waals surface area contributed by atoms with Crippen molar-refractivity contribution in [2.45, 2.75) is 26.2 Å². The van der Waals surface area contributed by atoms with Crippen molar-refractivity contribution >= 4 is 43.6 Å². The lowest BCUT2D eigenvalue weighted by molar-refractivity contribution is 0.795. The van der Waals surface area contributed by atoms with Crippen LogP contribution in [0.1, 0.15) is 25.3 Å². The van der Waals surface area contributed by atoms with E-state index in [9.17, 15) is 0 Å². The zero-order valence-electron chi connectivity index (χ0n) is 30.4. The molecule has 0 aliphatic carbocycles. The third-order valence-corrected chi connectivity index (χ3v) is 11.1. The van der Waals surface area contributed by atoms with Crippen molar-refractivity contribution in [1.29, 1.82) is 0 Å². The molecule has 2 heterocycles. The van der Waals surface area contributed by atoms with Crippen LogP contribution in [0.5, 0.6) is 0 Å². The molecule has 0 bridgehead atoms. The van der Waals surface area contributed by atoms with E-state index in [0.29, 0.717) is 0 Å². The van der Waals surface area contributed by atoms with Crippen LogP contribution in [-0.4, -0.2) is 9.13 Å². The lowest BCUT2D eigenvalue weighted by atomic mass is 9.98. The zero-order valence-corrected chi connectivity index (χ0v) is 30.4. The monoisotopic (exact) mass is 692 g/mol. The van der Waals surface area contributed by atoms with Gasteiger partial charge in [-0.15, -0.1) is 0 Å². The Morgan fingerprint density at radius 1 is 0.370 bits per heavy atom. The van der Waals surface area contributed by atoms with Gasteiger partial charge in [-0.2, -0.15) is 0 Å². The highest BCUT2D eigenvalue weighted by Crippen LogP contribution is 2.42. The van der Waals surface area contributed by atoms with E-state index in [0.717, 1.165) is 17.8 Å². The lowest BCUT2D eigenvalue weighted by Crippen LogP contribution is -1.96. The molecule has 2 nitrogen and oxygen atoms in total. The van der Waals surface area contributed by atoms with Gasteiger partial charge in [-0.25, -0.2) is 0 Å². The third-order valence-electron chi connectivity index (χ3n) is 11.1. The summed E-state index contributed by atoms with van der Waals surface area (Å²) in [4.78, 5) is 0. The molecule has 0 aliphatic rings. The second-order valence-electron chi connectivity index (χ2n) is 14.4. The van der Waals surface area contributed by atoms with Crippen molar-refractivity contribution in [1.82, 2.24) is 9.13 Å². The first kappa shape index (κ1) is 32.0. The van der Waals surface area contributed by atoms with Gasteiger partial charge in [0.1, 0.15) is 0 Å². The maximum absolute atomic E-state index is 2.47. The van der Waals surface area contributed by atoms with Gasteiger partial charge in [-0.3, -0.25) is 0 Å². The summed E-state index contributed by atoms with van der Waals surface area (Å²) in [7, 11) is 0. The van der Waals surface area contributed by atoms with E-state index in [-0.39, 0.29) is 0 Å². The van der Waals surface area contributed by atoms with Gasteiger partial charge in [0.2, 0.25) is 0 Å². The molecule has 54 heavy (non-hydrogen) atoms. The molecule has 0 spiro atoms. The van der Waals surface area contributed by atoms with Gasteiger partial charge >= 0.3 is 0 Å². The van der Waals surface area contributed by atoms with Gasteiger partial charge in [0, 0.05) is 32.9 Å². The summed E-state index contributed by atoms with van der Waals surface area (Å²) in [5.74, 6) is 0. The van der Waals surface area contributed by atoms with Crippen molar-refractivity contribution < 1.29 is 0 Å². The minimum absolute atomic E-state index is 1.15. The first-order chi connectivity index (χ1) is 26.7. The van der Waals surface area contributed by atoms with Gasteiger partial charge < -0.3 is 9.13 Å². The van der Waals surface area contributed by atoms with E-state index in [1.165, 1.54) is 95.4 Å². The fourth-order valence-corrected chi connectivity index (χ4v) is 8.41. The number of rotatable bonds is 8. The summed E-state index contributed by atoms with van der Waals surface area (Å²) in [5, 5.41) is 5.04. The van der Waals surface area contributed by atoms with E-state index >= 15 is 0 Å². The number of unbranched alkanes of at least 4 members (excludes halogenated alkanes) is 1. The molecule has 10 rings (SSSR count). The Labute approximate surface area is 316 Å². The Morgan fingerprint density at radius 3 is 1.61 bits per heavy atom. The van der Waals surface area contributed by atoms with Crippen molar-refractivity contribution in [2.24, 2.45) is 0 Å². The van der Waals surface area contributed by atoms with Crippen LogP contribution >= 0.6 is 0 Å². The molecule has 10 aromatic rings. The van der Waals surface area contributed by atoms with Crippen molar-refractivity contribution in [2.75, 3.05) is 0 Å². The number of aryl methyl sites for hydroxylation is 1. The summed E-state index contributed by atoms with van der Waals surface area (Å²) in [6.07, 6.45) is 3.62. The first-order valence-electron chi connectivity index (χ1n) is 19.2. The van der Waals surface area contributed by atoms with Crippen molar-refractivity contribution in [3.63, 3.8) is 0 Å². The van der Waals surface area contributed by atoms with E-state index in [4.69, 9.17) is 0 Å². The minimum Gasteiger partial charge on any atom is -0.309 e. The van der Waals surface area contributed by atoms with E-state index in [1.54, 1.807) is 0 Å². The summed E-state index contributed by atoms with van der Waals surface area (Å²) < 4.78 is 4.91. The maximum atomic E-state index is 2.47. The van der Waals surface area contributed by atoms with Gasteiger partial charge in [0.15, 0.2) is 0 Å². The minimum atomic E-state index is 1.15. The molecule has 0 fully saturated rings. The fraction of sp³-hybridized carbons (Fsp3) is 0.0769. The predicted molar refractivity (Wildman–Crippen MR) is 230 cm³/mol. The average molecular weight is 693 g/mol. The number of para-hydroxylation sites is 2. The highest BCUT2D eigenvalue weighted by atomic mass is 15.0. The number of hydrogen-bond donors (Lipinski definition) is 0.